The Morgan fingerprint density at radius 1 is 0.909 bits per heavy atom. The quantitative estimate of drug-likeness (QED) is 0.887. The maximum Gasteiger partial charge on any atom is 0.244 e. The topological polar surface area (TPSA) is 46.2 Å². The number of hydrogen-bond donors (Lipinski definition) is 1. The molecule has 2 amide bonds. The Hall–Kier alpha value is -2.07. The van der Waals surface area contributed by atoms with Crippen molar-refractivity contribution in [3.8, 4) is 0 Å². The molecule has 0 unspecified atom stereocenters. The van der Waals surface area contributed by atoms with Crippen LogP contribution >= 0.6 is 11.8 Å². The molecule has 2 aromatic rings. The molecule has 0 aromatic heterocycles. The number of carbonyl (C=O) groups is 2. The summed E-state index contributed by atoms with van der Waals surface area (Å²) >= 11 is 1.53. The van der Waals surface area contributed by atoms with Crippen LogP contribution < -0.4 is 5.32 Å². The molecule has 4 rings (SSSR count). The van der Waals surface area contributed by atoms with Gasteiger partial charge in [-0.2, -0.15) is 0 Å². The Bertz CT molecular complexity index is 731. The van der Waals surface area contributed by atoms with Gasteiger partial charge in [-0.25, -0.2) is 0 Å². The van der Waals surface area contributed by atoms with Gasteiger partial charge in [0.1, 0.15) is 4.75 Å². The minimum absolute atomic E-state index is 0.0790. The third kappa shape index (κ3) is 1.83. The van der Waals surface area contributed by atoms with Crippen molar-refractivity contribution in [2.45, 2.75) is 22.0 Å². The third-order valence-corrected chi connectivity index (χ3v) is 6.25. The van der Waals surface area contributed by atoms with Crippen LogP contribution in [0.5, 0.6) is 0 Å². The number of carbonyl (C=O) groups excluding carboxylic acids is 2. The monoisotopic (exact) mass is 309 g/mol. The van der Waals surface area contributed by atoms with Crippen molar-refractivity contribution < 1.29 is 9.59 Å². The average molecular weight is 309 g/mol. The molecule has 2 fully saturated rings. The zero-order valence-electron chi connectivity index (χ0n) is 11.9. The van der Waals surface area contributed by atoms with E-state index >= 15 is 0 Å². The summed E-state index contributed by atoms with van der Waals surface area (Å²) in [5, 5.41) is 2.54. The van der Waals surface area contributed by atoms with E-state index < -0.39 is 4.75 Å². The van der Waals surface area contributed by atoms with Gasteiger partial charge in [-0.3, -0.25) is 14.9 Å². The first-order valence-corrected chi connectivity index (χ1v) is 8.18. The van der Waals surface area contributed by atoms with Crippen LogP contribution in [0.15, 0.2) is 65.6 Å². The van der Waals surface area contributed by atoms with Gasteiger partial charge in [-0.05, 0) is 24.1 Å². The Morgan fingerprint density at radius 3 is 2.18 bits per heavy atom. The van der Waals surface area contributed by atoms with Crippen molar-refractivity contribution >= 4 is 23.6 Å². The van der Waals surface area contributed by atoms with Gasteiger partial charge in [0.05, 0.1) is 5.92 Å². The van der Waals surface area contributed by atoms with E-state index in [9.17, 15) is 9.59 Å². The molecule has 1 N–H and O–H groups in total. The zero-order chi connectivity index (χ0) is 15.2. The molecule has 2 aromatic carbocycles. The number of thioether (sulfide) groups is 1. The Kier molecular flexibility index (Phi) is 3.08. The highest BCUT2D eigenvalue weighted by Gasteiger charge is 2.68. The molecule has 110 valence electrons. The highest BCUT2D eigenvalue weighted by molar-refractivity contribution is 8.01. The summed E-state index contributed by atoms with van der Waals surface area (Å²) in [6.45, 7) is 0. The van der Waals surface area contributed by atoms with Gasteiger partial charge in [0.15, 0.2) is 0 Å². The molecule has 0 spiro atoms. The first kappa shape index (κ1) is 13.6. The van der Waals surface area contributed by atoms with Gasteiger partial charge in [0, 0.05) is 10.8 Å². The molecule has 22 heavy (non-hydrogen) atoms. The van der Waals surface area contributed by atoms with Gasteiger partial charge in [0.25, 0.3) is 0 Å². The lowest BCUT2D eigenvalue weighted by Crippen LogP contribution is -2.54. The van der Waals surface area contributed by atoms with E-state index in [2.05, 4.69) is 5.32 Å². The van der Waals surface area contributed by atoms with Crippen LogP contribution in [0, 0.1) is 5.92 Å². The van der Waals surface area contributed by atoms with Crippen LogP contribution in [-0.4, -0.2) is 16.6 Å². The van der Waals surface area contributed by atoms with Gasteiger partial charge >= 0.3 is 0 Å². The zero-order valence-corrected chi connectivity index (χ0v) is 12.7. The number of imide groups is 1. The molecule has 1 saturated carbocycles. The van der Waals surface area contributed by atoms with Crippen molar-refractivity contribution in [2.75, 3.05) is 0 Å². The van der Waals surface area contributed by atoms with Crippen LogP contribution in [0.25, 0.3) is 0 Å². The minimum atomic E-state index is -0.695. The van der Waals surface area contributed by atoms with E-state index in [1.54, 1.807) is 0 Å². The number of nitrogens with one attached hydrogen (secondary N) is 1. The number of amides is 2. The van der Waals surface area contributed by atoms with Crippen molar-refractivity contribution in [3.05, 3.63) is 66.2 Å². The Balaban J connectivity index is 1.76. The molecule has 0 radical (unpaired) electrons. The van der Waals surface area contributed by atoms with Crippen LogP contribution in [0.3, 0.4) is 0 Å². The Labute approximate surface area is 133 Å². The Morgan fingerprint density at radius 2 is 1.55 bits per heavy atom. The molecule has 1 heterocycles. The lowest BCUT2D eigenvalue weighted by molar-refractivity contribution is -0.125. The number of fused-ring (bicyclic) bond motifs is 1. The fraction of sp³-hybridized carbons (Fsp3) is 0.222. The molecule has 4 heteroatoms. The van der Waals surface area contributed by atoms with E-state index in [-0.39, 0.29) is 23.7 Å². The second-order valence-corrected chi connectivity index (χ2v) is 7.13. The van der Waals surface area contributed by atoms with Gasteiger partial charge < -0.3 is 0 Å². The standard InChI is InChI=1S/C18H15NO2S/c20-16-15-11-14(12-7-3-1-4-8-12)18(15,17(21)19-16)22-13-9-5-2-6-10-13/h1-10,14-15H,11H2,(H,19,20,21)/t14-,15+,18-/m0/s1. The van der Waals surface area contributed by atoms with Gasteiger partial charge in [-0.15, -0.1) is 11.8 Å². The van der Waals surface area contributed by atoms with E-state index in [1.165, 1.54) is 11.8 Å². The maximum absolute atomic E-state index is 12.6. The molecular weight excluding hydrogens is 294 g/mol. The van der Waals surface area contributed by atoms with E-state index in [0.29, 0.717) is 0 Å². The lowest BCUT2D eigenvalue weighted by atomic mass is 9.62. The second-order valence-electron chi connectivity index (χ2n) is 5.78. The van der Waals surface area contributed by atoms with E-state index in [0.717, 1.165) is 16.9 Å². The highest BCUT2D eigenvalue weighted by atomic mass is 32.2. The lowest BCUT2D eigenvalue weighted by Gasteiger charge is -2.48. The summed E-state index contributed by atoms with van der Waals surface area (Å²) < 4.78 is -0.695. The fourth-order valence-corrected chi connectivity index (χ4v) is 5.07. The molecule has 3 nitrogen and oxygen atoms in total. The van der Waals surface area contributed by atoms with Crippen molar-refractivity contribution in [1.82, 2.24) is 5.32 Å². The third-order valence-electron chi connectivity index (χ3n) is 4.65. The molecule has 1 aliphatic carbocycles. The first-order chi connectivity index (χ1) is 10.7. The van der Waals surface area contributed by atoms with E-state index in [1.807, 2.05) is 60.7 Å². The molecular formula is C18H15NO2S. The summed E-state index contributed by atoms with van der Waals surface area (Å²) in [7, 11) is 0. The van der Waals surface area contributed by atoms with Crippen LogP contribution in [0.4, 0.5) is 0 Å². The van der Waals surface area contributed by atoms with E-state index in [4.69, 9.17) is 0 Å². The second kappa shape index (κ2) is 4.99. The summed E-state index contributed by atoms with van der Waals surface area (Å²) in [5.41, 5.74) is 1.13. The van der Waals surface area contributed by atoms with Crippen LogP contribution in [0.2, 0.25) is 0 Å². The summed E-state index contributed by atoms with van der Waals surface area (Å²) in [5.74, 6) is -0.414. The van der Waals surface area contributed by atoms with Crippen LogP contribution in [0.1, 0.15) is 17.9 Å². The van der Waals surface area contributed by atoms with Crippen molar-refractivity contribution in [2.24, 2.45) is 5.92 Å². The number of benzene rings is 2. The number of hydrogen-bond acceptors (Lipinski definition) is 3. The SMILES string of the molecule is O=C1NC(=O)[C@@]2(Sc3ccccc3)[C@@H]1C[C@H]2c1ccccc1. The molecule has 1 aliphatic heterocycles. The largest absolute Gasteiger partial charge is 0.295 e. The molecule has 2 aliphatic rings. The van der Waals surface area contributed by atoms with Crippen molar-refractivity contribution in [3.63, 3.8) is 0 Å². The maximum atomic E-state index is 12.6. The summed E-state index contributed by atoms with van der Waals surface area (Å²) in [6, 6.07) is 19.9. The minimum Gasteiger partial charge on any atom is -0.295 e. The van der Waals surface area contributed by atoms with Crippen LogP contribution in [-0.2, 0) is 9.59 Å². The highest BCUT2D eigenvalue weighted by Crippen LogP contribution is 2.62. The van der Waals surface area contributed by atoms with Gasteiger partial charge in [-0.1, -0.05) is 48.5 Å². The first-order valence-electron chi connectivity index (χ1n) is 7.36. The van der Waals surface area contributed by atoms with Crippen molar-refractivity contribution in [1.29, 1.82) is 0 Å². The normalized spacial score (nSPS) is 29.6. The predicted molar refractivity (Wildman–Crippen MR) is 85.5 cm³/mol. The smallest absolute Gasteiger partial charge is 0.244 e. The predicted octanol–water partition coefficient (Wildman–Crippen LogP) is 2.98. The summed E-state index contributed by atoms with van der Waals surface area (Å²) in [6.07, 6.45) is 0.738. The molecule has 0 bridgehead atoms. The fourth-order valence-electron chi connectivity index (χ4n) is 3.52. The van der Waals surface area contributed by atoms with Gasteiger partial charge in [0.2, 0.25) is 11.8 Å². The molecule has 3 atom stereocenters. The number of rotatable bonds is 3. The average Bonchev–Trinajstić information content (AvgIpc) is 2.69. The molecule has 1 saturated heterocycles. The summed E-state index contributed by atoms with van der Waals surface area (Å²) in [4.78, 5) is 25.7.